The van der Waals surface area contributed by atoms with Crippen molar-refractivity contribution in [3.63, 3.8) is 0 Å². The minimum Gasteiger partial charge on any atom is -0.390 e. The van der Waals surface area contributed by atoms with E-state index in [9.17, 15) is 14.3 Å². The van der Waals surface area contributed by atoms with Crippen molar-refractivity contribution in [1.29, 1.82) is 0 Å². The Morgan fingerprint density at radius 2 is 1.78 bits per heavy atom. The highest BCUT2D eigenvalue weighted by atomic mass is 19.1. The van der Waals surface area contributed by atoms with E-state index >= 15 is 0 Å². The number of fused-ring (bicyclic) bond motifs is 1. The molecule has 5 heteroatoms. The maximum Gasteiger partial charge on any atom is 0.321 e. The van der Waals surface area contributed by atoms with Crippen LogP contribution in [0.3, 0.4) is 0 Å². The summed E-state index contributed by atoms with van der Waals surface area (Å²) in [5, 5.41) is 10.9. The third-order valence-electron chi connectivity index (χ3n) is 8.33. The summed E-state index contributed by atoms with van der Waals surface area (Å²) in [5.41, 5.74) is 0.302. The molecule has 144 valence electrons. The Morgan fingerprint density at radius 1 is 1.07 bits per heavy atom. The van der Waals surface area contributed by atoms with E-state index in [1.165, 1.54) is 12.1 Å². The first-order chi connectivity index (χ1) is 13.0. The van der Waals surface area contributed by atoms with E-state index in [4.69, 9.17) is 0 Å². The molecule has 6 aliphatic rings. The minimum absolute atomic E-state index is 0.168. The lowest BCUT2D eigenvalue weighted by Crippen LogP contribution is -2.62. The lowest BCUT2D eigenvalue weighted by atomic mass is 9.52. The SMILES string of the molecule is O=C1N(C2C3CC4CC2CC(O)(C4)C3)C[C@@]2(c3ccc(F)cc3)CCCN12. The summed E-state index contributed by atoms with van der Waals surface area (Å²) in [7, 11) is 0. The van der Waals surface area contributed by atoms with Crippen LogP contribution < -0.4 is 0 Å². The molecule has 0 radical (unpaired) electrons. The molecule has 2 heterocycles. The highest BCUT2D eigenvalue weighted by Gasteiger charge is 2.61. The number of hydrogen-bond donors (Lipinski definition) is 1. The molecular formula is C22H27FN2O2. The lowest BCUT2D eigenvalue weighted by molar-refractivity contribution is -0.152. The largest absolute Gasteiger partial charge is 0.390 e. The number of carbonyl (C=O) groups excluding carboxylic acids is 1. The number of halogens is 1. The predicted molar refractivity (Wildman–Crippen MR) is 98.4 cm³/mol. The van der Waals surface area contributed by atoms with Crippen LogP contribution in [0, 0.1) is 23.6 Å². The summed E-state index contributed by atoms with van der Waals surface area (Å²) >= 11 is 0. The lowest BCUT2D eigenvalue weighted by Gasteiger charge is -2.59. The zero-order chi connectivity index (χ0) is 18.4. The fourth-order valence-electron chi connectivity index (χ4n) is 7.67. The number of urea groups is 1. The monoisotopic (exact) mass is 370 g/mol. The van der Waals surface area contributed by atoms with Gasteiger partial charge in [-0.25, -0.2) is 9.18 Å². The van der Waals surface area contributed by atoms with Gasteiger partial charge >= 0.3 is 6.03 Å². The van der Waals surface area contributed by atoms with Gasteiger partial charge in [-0.3, -0.25) is 0 Å². The Morgan fingerprint density at radius 3 is 2.44 bits per heavy atom. The molecule has 4 saturated carbocycles. The molecule has 4 bridgehead atoms. The average Bonchev–Trinajstić information content (AvgIpc) is 3.14. The molecule has 1 N–H and O–H groups in total. The predicted octanol–water partition coefficient (Wildman–Crippen LogP) is 3.49. The van der Waals surface area contributed by atoms with Crippen molar-refractivity contribution in [2.75, 3.05) is 13.1 Å². The topological polar surface area (TPSA) is 43.8 Å². The quantitative estimate of drug-likeness (QED) is 0.866. The molecule has 2 saturated heterocycles. The van der Waals surface area contributed by atoms with Gasteiger partial charge in [0, 0.05) is 12.6 Å². The van der Waals surface area contributed by atoms with Crippen LogP contribution in [0.15, 0.2) is 24.3 Å². The van der Waals surface area contributed by atoms with Gasteiger partial charge in [0.1, 0.15) is 5.82 Å². The highest BCUT2D eigenvalue weighted by Crippen LogP contribution is 2.58. The van der Waals surface area contributed by atoms with Crippen molar-refractivity contribution in [3.05, 3.63) is 35.6 Å². The van der Waals surface area contributed by atoms with Crippen LogP contribution in [0.25, 0.3) is 0 Å². The third-order valence-corrected chi connectivity index (χ3v) is 8.33. The van der Waals surface area contributed by atoms with Crippen molar-refractivity contribution in [2.24, 2.45) is 17.8 Å². The normalized spacial score (nSPS) is 45.0. The number of aliphatic hydroxyl groups is 1. The fourth-order valence-corrected chi connectivity index (χ4v) is 7.67. The summed E-state index contributed by atoms with van der Waals surface area (Å²) in [6, 6.07) is 7.21. The third kappa shape index (κ3) is 2.15. The summed E-state index contributed by atoms with van der Waals surface area (Å²) in [4.78, 5) is 17.7. The van der Waals surface area contributed by atoms with Crippen LogP contribution >= 0.6 is 0 Å². The standard InChI is InChI=1S/C22H27FN2O2/c23-18-4-2-17(3-5-18)22-6-1-7-25(22)20(26)24(13-22)19-15-8-14-9-16(19)12-21(27,10-14)11-15/h2-5,14-16,19,27H,1,6-13H2/t14?,15?,16?,19?,21?,22-/m1/s1. The Labute approximate surface area is 159 Å². The first-order valence-electron chi connectivity index (χ1n) is 10.5. The summed E-state index contributed by atoms with van der Waals surface area (Å²) in [6.07, 6.45) is 6.97. The van der Waals surface area contributed by atoms with Crippen molar-refractivity contribution in [1.82, 2.24) is 9.80 Å². The van der Waals surface area contributed by atoms with Gasteiger partial charge in [-0.1, -0.05) is 12.1 Å². The molecule has 1 aromatic carbocycles. The van der Waals surface area contributed by atoms with E-state index in [-0.39, 0.29) is 23.4 Å². The zero-order valence-electron chi connectivity index (χ0n) is 15.6. The van der Waals surface area contributed by atoms with E-state index in [2.05, 4.69) is 9.80 Å². The Bertz CT molecular complexity index is 780. The smallest absolute Gasteiger partial charge is 0.321 e. The second-order valence-corrected chi connectivity index (χ2v) is 9.89. The van der Waals surface area contributed by atoms with Crippen LogP contribution in [0.4, 0.5) is 9.18 Å². The molecule has 3 atom stereocenters. The second-order valence-electron chi connectivity index (χ2n) is 9.89. The Balaban J connectivity index is 1.35. The number of nitrogens with zero attached hydrogens (tertiary/aromatic N) is 2. The van der Waals surface area contributed by atoms with E-state index in [0.717, 1.165) is 63.6 Å². The van der Waals surface area contributed by atoms with E-state index < -0.39 is 5.60 Å². The molecule has 27 heavy (non-hydrogen) atoms. The molecule has 0 aromatic heterocycles. The number of carbonyl (C=O) groups is 1. The molecule has 7 rings (SSSR count). The number of rotatable bonds is 2. The van der Waals surface area contributed by atoms with Gasteiger partial charge in [0.25, 0.3) is 0 Å². The molecule has 2 aliphatic heterocycles. The first kappa shape index (κ1) is 16.3. The van der Waals surface area contributed by atoms with Gasteiger partial charge in [-0.2, -0.15) is 0 Å². The molecule has 6 fully saturated rings. The maximum absolute atomic E-state index is 13.5. The minimum atomic E-state index is -0.472. The summed E-state index contributed by atoms with van der Waals surface area (Å²) < 4.78 is 13.5. The zero-order valence-corrected chi connectivity index (χ0v) is 15.6. The number of hydrogen-bond acceptors (Lipinski definition) is 2. The van der Waals surface area contributed by atoms with Crippen LogP contribution in [0.5, 0.6) is 0 Å². The number of amides is 2. The van der Waals surface area contributed by atoms with Crippen LogP contribution in [0.1, 0.15) is 50.5 Å². The molecule has 0 spiro atoms. The van der Waals surface area contributed by atoms with Crippen molar-refractivity contribution in [2.45, 2.75) is 62.1 Å². The van der Waals surface area contributed by atoms with Crippen molar-refractivity contribution in [3.8, 4) is 0 Å². The molecule has 2 amide bonds. The average molecular weight is 370 g/mol. The van der Waals surface area contributed by atoms with Gasteiger partial charge in [0.05, 0.1) is 17.7 Å². The van der Waals surface area contributed by atoms with E-state index in [0.29, 0.717) is 17.8 Å². The van der Waals surface area contributed by atoms with E-state index in [1.807, 2.05) is 12.1 Å². The van der Waals surface area contributed by atoms with Gasteiger partial charge in [0.2, 0.25) is 0 Å². The van der Waals surface area contributed by atoms with Gasteiger partial charge < -0.3 is 14.9 Å². The molecule has 4 aliphatic carbocycles. The van der Waals surface area contributed by atoms with Gasteiger partial charge in [-0.15, -0.1) is 0 Å². The second kappa shape index (κ2) is 5.25. The summed E-state index contributed by atoms with van der Waals surface area (Å²) in [5.74, 6) is 1.30. The molecule has 4 nitrogen and oxygen atoms in total. The maximum atomic E-state index is 13.5. The van der Waals surface area contributed by atoms with Crippen molar-refractivity contribution < 1.29 is 14.3 Å². The highest BCUT2D eigenvalue weighted by molar-refractivity contribution is 5.79. The van der Waals surface area contributed by atoms with Gasteiger partial charge in [0.15, 0.2) is 0 Å². The molecule has 1 aromatic rings. The fraction of sp³-hybridized carbons (Fsp3) is 0.682. The Kier molecular flexibility index (Phi) is 3.18. The number of benzene rings is 1. The summed E-state index contributed by atoms with van der Waals surface area (Å²) in [6.45, 7) is 1.51. The molecular weight excluding hydrogens is 343 g/mol. The van der Waals surface area contributed by atoms with Crippen LogP contribution in [-0.2, 0) is 5.54 Å². The van der Waals surface area contributed by atoms with Crippen molar-refractivity contribution >= 4 is 6.03 Å². The van der Waals surface area contributed by atoms with E-state index in [1.54, 1.807) is 0 Å². The van der Waals surface area contributed by atoms with Crippen LogP contribution in [-0.4, -0.2) is 45.7 Å². The van der Waals surface area contributed by atoms with Crippen LogP contribution in [0.2, 0.25) is 0 Å². The van der Waals surface area contributed by atoms with Gasteiger partial charge in [-0.05, 0) is 80.4 Å². The molecule has 2 unspecified atom stereocenters. The Hall–Kier alpha value is -1.62. The first-order valence-corrected chi connectivity index (χ1v) is 10.5.